The molecule has 0 aromatic rings. The lowest BCUT2D eigenvalue weighted by molar-refractivity contribution is -0.137. The van der Waals surface area contributed by atoms with Gasteiger partial charge in [0, 0.05) is 39.1 Å². The van der Waals surface area contributed by atoms with Gasteiger partial charge in [-0.05, 0) is 19.8 Å². The number of carboxylic acids is 1. The lowest BCUT2D eigenvalue weighted by Crippen LogP contribution is -2.48. The zero-order chi connectivity index (χ0) is 16.0. The number of piperidine rings is 1. The predicted octanol–water partition coefficient (Wildman–Crippen LogP) is -0.514. The van der Waals surface area contributed by atoms with Crippen LogP contribution in [-0.2, 0) is 19.8 Å². The van der Waals surface area contributed by atoms with Crippen molar-refractivity contribution >= 4 is 22.1 Å². The molecule has 0 aromatic carbocycles. The molecule has 1 amide bonds. The van der Waals surface area contributed by atoms with Crippen LogP contribution < -0.4 is 5.32 Å². The average molecular weight is 321 g/mol. The number of hydrogen-bond acceptors (Lipinski definition) is 4. The summed E-state index contributed by atoms with van der Waals surface area (Å²) in [7, 11) is -2.28. The number of carbonyl (C=O) groups is 2. The van der Waals surface area contributed by atoms with Crippen LogP contribution in [0.4, 0.5) is 0 Å². The van der Waals surface area contributed by atoms with Crippen LogP contribution in [0, 0.1) is 5.92 Å². The highest BCUT2D eigenvalue weighted by atomic mass is 32.2. The molecule has 8 nitrogen and oxygen atoms in total. The number of hydrogen-bond donors (Lipinski definition) is 2. The molecule has 2 N–H and O–H groups in total. The molecule has 122 valence electrons. The highest BCUT2D eigenvalue weighted by Gasteiger charge is 2.33. The van der Waals surface area contributed by atoms with E-state index in [9.17, 15) is 18.0 Å². The smallest absolute Gasteiger partial charge is 0.304 e. The Labute approximate surface area is 125 Å². The van der Waals surface area contributed by atoms with Gasteiger partial charge < -0.3 is 10.4 Å². The molecule has 0 aliphatic carbocycles. The number of nitrogens with one attached hydrogen (secondary N) is 1. The van der Waals surface area contributed by atoms with Gasteiger partial charge in [-0.25, -0.2) is 0 Å². The first-order valence-corrected chi connectivity index (χ1v) is 8.39. The highest BCUT2D eigenvalue weighted by molar-refractivity contribution is 7.86. The van der Waals surface area contributed by atoms with Crippen LogP contribution >= 0.6 is 0 Å². The van der Waals surface area contributed by atoms with Crippen molar-refractivity contribution in [3.8, 4) is 0 Å². The van der Waals surface area contributed by atoms with Gasteiger partial charge in [0.15, 0.2) is 0 Å². The molecule has 1 rings (SSSR count). The van der Waals surface area contributed by atoms with Crippen LogP contribution in [0.1, 0.15) is 26.2 Å². The van der Waals surface area contributed by atoms with Crippen molar-refractivity contribution in [1.82, 2.24) is 13.9 Å². The molecule has 1 heterocycles. The number of carboxylic acid groups (broad SMARTS) is 1. The highest BCUT2D eigenvalue weighted by Crippen LogP contribution is 2.21. The summed E-state index contributed by atoms with van der Waals surface area (Å²) < 4.78 is 26.9. The van der Waals surface area contributed by atoms with Crippen molar-refractivity contribution in [2.45, 2.75) is 26.2 Å². The van der Waals surface area contributed by atoms with Crippen LogP contribution in [0.5, 0.6) is 0 Å². The van der Waals surface area contributed by atoms with Gasteiger partial charge in [0.2, 0.25) is 5.91 Å². The van der Waals surface area contributed by atoms with E-state index in [1.54, 1.807) is 0 Å². The van der Waals surface area contributed by atoms with Gasteiger partial charge in [-0.3, -0.25) is 9.59 Å². The van der Waals surface area contributed by atoms with Crippen LogP contribution in [0.25, 0.3) is 0 Å². The van der Waals surface area contributed by atoms with E-state index in [1.165, 1.54) is 11.4 Å². The quantitative estimate of drug-likeness (QED) is 0.656. The Hall–Kier alpha value is -1.19. The van der Waals surface area contributed by atoms with Crippen molar-refractivity contribution in [3.63, 3.8) is 0 Å². The van der Waals surface area contributed by atoms with Crippen LogP contribution in [0.2, 0.25) is 0 Å². The molecule has 0 radical (unpaired) electrons. The summed E-state index contributed by atoms with van der Waals surface area (Å²) in [6.45, 7) is 2.90. The zero-order valence-corrected chi connectivity index (χ0v) is 13.2. The zero-order valence-electron chi connectivity index (χ0n) is 12.4. The molecule has 1 aliphatic heterocycles. The fourth-order valence-corrected chi connectivity index (χ4v) is 3.62. The van der Waals surface area contributed by atoms with E-state index >= 15 is 0 Å². The number of carbonyl (C=O) groups excluding carboxylic acids is 1. The molecule has 0 bridgehead atoms. The number of amides is 1. The monoisotopic (exact) mass is 321 g/mol. The molecular weight excluding hydrogens is 298 g/mol. The van der Waals surface area contributed by atoms with E-state index in [0.29, 0.717) is 19.4 Å². The summed E-state index contributed by atoms with van der Waals surface area (Å²) in [5.74, 6) is -1.22. The maximum atomic E-state index is 12.3. The van der Waals surface area contributed by atoms with Gasteiger partial charge >= 0.3 is 5.97 Å². The average Bonchev–Trinajstić information content (AvgIpc) is 2.45. The molecular formula is C12H23N3O5S. The van der Waals surface area contributed by atoms with Gasteiger partial charge in [0.1, 0.15) is 0 Å². The fraction of sp³-hybridized carbons (Fsp3) is 0.833. The third-order valence-corrected chi connectivity index (χ3v) is 5.52. The first-order valence-electron chi connectivity index (χ1n) is 7.00. The Morgan fingerprint density at radius 2 is 1.90 bits per heavy atom. The summed E-state index contributed by atoms with van der Waals surface area (Å²) >= 11 is 0. The van der Waals surface area contributed by atoms with E-state index in [4.69, 9.17) is 5.11 Å². The normalized spacial score (nSPS) is 17.9. The molecule has 0 unspecified atom stereocenters. The molecule has 0 spiro atoms. The minimum absolute atomic E-state index is 0.0335. The summed E-state index contributed by atoms with van der Waals surface area (Å²) in [6.07, 6.45) is 0.737. The van der Waals surface area contributed by atoms with Crippen molar-refractivity contribution in [2.75, 3.05) is 33.2 Å². The van der Waals surface area contributed by atoms with Crippen molar-refractivity contribution in [1.29, 1.82) is 0 Å². The van der Waals surface area contributed by atoms with E-state index in [-0.39, 0.29) is 37.9 Å². The predicted molar refractivity (Wildman–Crippen MR) is 76.8 cm³/mol. The van der Waals surface area contributed by atoms with Gasteiger partial charge in [-0.2, -0.15) is 17.0 Å². The van der Waals surface area contributed by atoms with E-state index in [0.717, 1.165) is 4.31 Å². The van der Waals surface area contributed by atoms with Crippen LogP contribution in [0.15, 0.2) is 0 Å². The topological polar surface area (TPSA) is 107 Å². The summed E-state index contributed by atoms with van der Waals surface area (Å²) in [4.78, 5) is 22.2. The summed E-state index contributed by atoms with van der Waals surface area (Å²) in [5.41, 5.74) is 0. The largest absolute Gasteiger partial charge is 0.481 e. The van der Waals surface area contributed by atoms with Crippen molar-refractivity contribution < 1.29 is 23.1 Å². The van der Waals surface area contributed by atoms with Crippen molar-refractivity contribution in [2.24, 2.45) is 5.92 Å². The molecule has 1 aliphatic rings. The van der Waals surface area contributed by atoms with Crippen LogP contribution in [-0.4, -0.2) is 67.2 Å². The number of rotatable bonds is 7. The Kier molecular flexibility index (Phi) is 6.56. The van der Waals surface area contributed by atoms with Gasteiger partial charge in [-0.1, -0.05) is 0 Å². The van der Waals surface area contributed by atoms with E-state index < -0.39 is 16.2 Å². The first-order chi connectivity index (χ1) is 9.78. The Bertz CT molecular complexity index is 471. The Morgan fingerprint density at radius 3 is 2.38 bits per heavy atom. The maximum Gasteiger partial charge on any atom is 0.304 e. The third-order valence-electron chi connectivity index (χ3n) is 3.54. The van der Waals surface area contributed by atoms with Crippen LogP contribution in [0.3, 0.4) is 0 Å². The summed E-state index contributed by atoms with van der Waals surface area (Å²) in [6, 6.07) is 0. The Balaban J connectivity index is 2.55. The Morgan fingerprint density at radius 1 is 1.33 bits per heavy atom. The third kappa shape index (κ3) is 4.94. The minimum Gasteiger partial charge on any atom is -0.481 e. The number of nitrogens with zero attached hydrogens (tertiary/aromatic N) is 2. The lowest BCUT2D eigenvalue weighted by Gasteiger charge is -2.33. The molecule has 1 fully saturated rings. The maximum absolute atomic E-state index is 12.3. The minimum atomic E-state index is -3.65. The molecule has 1 saturated heterocycles. The molecule has 0 aromatic heterocycles. The standard InChI is InChI=1S/C12H23N3O5S/c1-3-13-12(18)10-4-8-15(9-5-10)21(19,20)14(2)7-6-11(16)17/h10H,3-9H2,1-2H3,(H,13,18)(H,16,17). The molecule has 0 atom stereocenters. The molecule has 0 saturated carbocycles. The van der Waals surface area contributed by atoms with E-state index in [1.807, 2.05) is 6.92 Å². The van der Waals surface area contributed by atoms with Crippen molar-refractivity contribution in [3.05, 3.63) is 0 Å². The molecule has 9 heteroatoms. The van der Waals surface area contributed by atoms with E-state index in [2.05, 4.69) is 5.32 Å². The lowest BCUT2D eigenvalue weighted by atomic mass is 9.97. The van der Waals surface area contributed by atoms with Gasteiger partial charge in [-0.15, -0.1) is 0 Å². The second kappa shape index (κ2) is 7.71. The second-order valence-corrected chi connectivity index (χ2v) is 7.08. The second-order valence-electron chi connectivity index (χ2n) is 5.04. The SMILES string of the molecule is CCNC(=O)C1CCN(S(=O)(=O)N(C)CCC(=O)O)CC1. The van der Waals surface area contributed by atoms with Gasteiger partial charge in [0.25, 0.3) is 10.2 Å². The first kappa shape index (κ1) is 17.9. The summed E-state index contributed by atoms with van der Waals surface area (Å²) in [5, 5.41) is 11.3. The fourth-order valence-electron chi connectivity index (χ4n) is 2.23. The number of aliphatic carboxylic acids is 1. The molecule has 21 heavy (non-hydrogen) atoms. The van der Waals surface area contributed by atoms with Gasteiger partial charge in [0.05, 0.1) is 6.42 Å².